The van der Waals surface area contributed by atoms with Crippen molar-refractivity contribution >= 4 is 15.9 Å². The van der Waals surface area contributed by atoms with Gasteiger partial charge in [-0.2, -0.15) is 0 Å². The fraction of sp³-hybridized carbons (Fsp3) is 0.538. The molecule has 2 rings (SSSR count). The van der Waals surface area contributed by atoms with Crippen LogP contribution in [0.25, 0.3) is 0 Å². The summed E-state index contributed by atoms with van der Waals surface area (Å²) in [7, 11) is 0. The maximum atomic E-state index is 3.57. The van der Waals surface area contributed by atoms with E-state index in [9.17, 15) is 0 Å². The summed E-state index contributed by atoms with van der Waals surface area (Å²) in [6.07, 6.45) is 2.47. The van der Waals surface area contributed by atoms with E-state index in [1.807, 2.05) is 0 Å². The average molecular weight is 268 g/mol. The van der Waals surface area contributed by atoms with Crippen LogP contribution in [0.3, 0.4) is 0 Å². The molecule has 1 aromatic carbocycles. The summed E-state index contributed by atoms with van der Waals surface area (Å²) in [6, 6.07) is 8.65. The van der Waals surface area contributed by atoms with Crippen LogP contribution in [0.15, 0.2) is 28.7 Å². The molecule has 0 spiro atoms. The Bertz CT molecular complexity index is 346. The molecule has 15 heavy (non-hydrogen) atoms. The van der Waals surface area contributed by atoms with Crippen LogP contribution in [0.1, 0.15) is 25.8 Å². The maximum Gasteiger partial charge on any atom is 0.0177 e. The van der Waals surface area contributed by atoms with Crippen LogP contribution < -0.4 is 5.32 Å². The van der Waals surface area contributed by atoms with E-state index in [2.05, 4.69) is 59.4 Å². The number of halogens is 1. The van der Waals surface area contributed by atoms with E-state index in [1.165, 1.54) is 22.9 Å². The van der Waals surface area contributed by atoms with Gasteiger partial charge in [-0.15, -0.1) is 0 Å². The lowest BCUT2D eigenvalue weighted by Crippen LogP contribution is -2.31. The number of benzene rings is 1. The fourth-order valence-electron chi connectivity index (χ4n) is 2.43. The van der Waals surface area contributed by atoms with Gasteiger partial charge < -0.3 is 5.32 Å². The van der Waals surface area contributed by atoms with Crippen molar-refractivity contribution in [2.24, 2.45) is 5.92 Å². The van der Waals surface area contributed by atoms with Crippen molar-refractivity contribution in [2.45, 2.75) is 32.2 Å². The molecule has 1 heterocycles. The highest BCUT2D eigenvalue weighted by Gasteiger charge is 2.29. The van der Waals surface area contributed by atoms with Gasteiger partial charge in [0.25, 0.3) is 0 Å². The summed E-state index contributed by atoms with van der Waals surface area (Å²) >= 11 is 3.52. The second kappa shape index (κ2) is 4.26. The minimum absolute atomic E-state index is 0.330. The molecule has 1 unspecified atom stereocenters. The summed E-state index contributed by atoms with van der Waals surface area (Å²) in [6.45, 7) is 5.72. The standard InChI is InChI=1S/C13H18BrN/c1-13(2)8-11(9-15-13)6-10-4-3-5-12(14)7-10/h3-5,7,11,15H,6,8-9H2,1-2H3. The SMILES string of the molecule is CC1(C)CC(Cc2cccc(Br)c2)CN1. The van der Waals surface area contributed by atoms with Gasteiger partial charge in [0, 0.05) is 10.0 Å². The van der Waals surface area contributed by atoms with Gasteiger partial charge in [-0.3, -0.25) is 0 Å². The first-order chi connectivity index (χ1) is 7.05. The zero-order valence-corrected chi connectivity index (χ0v) is 11.0. The van der Waals surface area contributed by atoms with Gasteiger partial charge in [0.1, 0.15) is 0 Å². The molecule has 1 saturated heterocycles. The lowest BCUT2D eigenvalue weighted by Gasteiger charge is -2.17. The van der Waals surface area contributed by atoms with Crippen molar-refractivity contribution in [2.75, 3.05) is 6.54 Å². The summed E-state index contributed by atoms with van der Waals surface area (Å²) in [5.41, 5.74) is 1.77. The van der Waals surface area contributed by atoms with Crippen molar-refractivity contribution in [3.05, 3.63) is 34.3 Å². The van der Waals surface area contributed by atoms with Crippen molar-refractivity contribution < 1.29 is 0 Å². The molecule has 1 N–H and O–H groups in total. The first-order valence-electron chi connectivity index (χ1n) is 5.55. The predicted molar refractivity (Wildman–Crippen MR) is 68.0 cm³/mol. The van der Waals surface area contributed by atoms with Crippen molar-refractivity contribution in [1.82, 2.24) is 5.32 Å². The molecule has 0 radical (unpaired) electrons. The third kappa shape index (κ3) is 3.05. The zero-order valence-electron chi connectivity index (χ0n) is 9.39. The molecule has 0 aliphatic carbocycles. The van der Waals surface area contributed by atoms with Gasteiger partial charge in [0.15, 0.2) is 0 Å². The van der Waals surface area contributed by atoms with Gasteiger partial charge in [-0.25, -0.2) is 0 Å². The zero-order chi connectivity index (χ0) is 10.9. The Labute approximate surface area is 100 Å². The first kappa shape index (κ1) is 11.2. The normalized spacial score (nSPS) is 24.3. The molecular formula is C13H18BrN. The number of rotatable bonds is 2. The van der Waals surface area contributed by atoms with E-state index in [4.69, 9.17) is 0 Å². The minimum atomic E-state index is 0.330. The van der Waals surface area contributed by atoms with E-state index < -0.39 is 0 Å². The molecule has 2 heteroatoms. The fourth-order valence-corrected chi connectivity index (χ4v) is 2.87. The van der Waals surface area contributed by atoms with E-state index in [0.717, 1.165) is 12.5 Å². The quantitative estimate of drug-likeness (QED) is 0.867. The maximum absolute atomic E-state index is 3.57. The minimum Gasteiger partial charge on any atom is -0.311 e. The molecule has 1 nitrogen and oxygen atoms in total. The van der Waals surface area contributed by atoms with Crippen molar-refractivity contribution in [3.63, 3.8) is 0 Å². The van der Waals surface area contributed by atoms with Gasteiger partial charge in [0.05, 0.1) is 0 Å². The van der Waals surface area contributed by atoms with E-state index in [-0.39, 0.29) is 0 Å². The van der Waals surface area contributed by atoms with Crippen molar-refractivity contribution in [3.8, 4) is 0 Å². The largest absolute Gasteiger partial charge is 0.311 e. The second-order valence-corrected chi connectivity index (χ2v) is 6.08. The molecule has 1 atom stereocenters. The van der Waals surface area contributed by atoms with E-state index >= 15 is 0 Å². The van der Waals surface area contributed by atoms with Gasteiger partial charge >= 0.3 is 0 Å². The Morgan fingerprint density at radius 1 is 1.47 bits per heavy atom. The molecule has 1 aromatic rings. The topological polar surface area (TPSA) is 12.0 Å². The van der Waals surface area contributed by atoms with E-state index in [0.29, 0.717) is 5.54 Å². The van der Waals surface area contributed by atoms with Gasteiger partial charge in [-0.1, -0.05) is 28.1 Å². The lowest BCUT2D eigenvalue weighted by atomic mass is 9.92. The van der Waals surface area contributed by atoms with Crippen LogP contribution in [0.2, 0.25) is 0 Å². The number of hydrogen-bond donors (Lipinski definition) is 1. The highest BCUT2D eigenvalue weighted by atomic mass is 79.9. The highest BCUT2D eigenvalue weighted by Crippen LogP contribution is 2.26. The molecule has 1 fully saturated rings. The Hall–Kier alpha value is -0.340. The Kier molecular flexibility index (Phi) is 3.17. The smallest absolute Gasteiger partial charge is 0.0177 e. The van der Waals surface area contributed by atoms with Crippen LogP contribution in [0.5, 0.6) is 0 Å². The second-order valence-electron chi connectivity index (χ2n) is 5.17. The van der Waals surface area contributed by atoms with Crippen LogP contribution in [-0.4, -0.2) is 12.1 Å². The summed E-state index contributed by atoms with van der Waals surface area (Å²) in [5.74, 6) is 0.786. The van der Waals surface area contributed by atoms with Crippen LogP contribution in [-0.2, 0) is 6.42 Å². The third-order valence-corrected chi connectivity index (χ3v) is 3.57. The van der Waals surface area contributed by atoms with Crippen LogP contribution in [0, 0.1) is 5.92 Å². The third-order valence-electron chi connectivity index (χ3n) is 3.08. The summed E-state index contributed by atoms with van der Waals surface area (Å²) < 4.78 is 1.19. The molecule has 0 saturated carbocycles. The monoisotopic (exact) mass is 267 g/mol. The molecule has 0 amide bonds. The lowest BCUT2D eigenvalue weighted by molar-refractivity contribution is 0.440. The van der Waals surface area contributed by atoms with Gasteiger partial charge in [-0.05, 0) is 56.8 Å². The number of hydrogen-bond acceptors (Lipinski definition) is 1. The Morgan fingerprint density at radius 3 is 2.87 bits per heavy atom. The molecule has 1 aliphatic heterocycles. The van der Waals surface area contributed by atoms with Gasteiger partial charge in [0.2, 0.25) is 0 Å². The molecular weight excluding hydrogens is 250 g/mol. The van der Waals surface area contributed by atoms with Crippen LogP contribution >= 0.6 is 15.9 Å². The first-order valence-corrected chi connectivity index (χ1v) is 6.34. The summed E-state index contributed by atoms with van der Waals surface area (Å²) in [4.78, 5) is 0. The van der Waals surface area contributed by atoms with E-state index in [1.54, 1.807) is 0 Å². The van der Waals surface area contributed by atoms with Crippen molar-refractivity contribution in [1.29, 1.82) is 0 Å². The number of nitrogens with one attached hydrogen (secondary N) is 1. The molecule has 0 bridgehead atoms. The highest BCUT2D eigenvalue weighted by molar-refractivity contribution is 9.10. The molecule has 0 aromatic heterocycles. The Balaban J connectivity index is 1.99. The molecule has 1 aliphatic rings. The van der Waals surface area contributed by atoms with Crippen LogP contribution in [0.4, 0.5) is 0 Å². The predicted octanol–water partition coefficient (Wildman–Crippen LogP) is 3.38. The average Bonchev–Trinajstić information content (AvgIpc) is 2.45. The molecule has 82 valence electrons. The Morgan fingerprint density at radius 2 is 2.27 bits per heavy atom. The summed E-state index contributed by atoms with van der Waals surface area (Å²) in [5, 5.41) is 3.57.